The van der Waals surface area contributed by atoms with E-state index in [2.05, 4.69) is 4.90 Å². The third-order valence-corrected chi connectivity index (χ3v) is 6.75. The molecule has 0 bridgehead atoms. The van der Waals surface area contributed by atoms with Crippen LogP contribution in [0.15, 0.2) is 30.3 Å². The summed E-state index contributed by atoms with van der Waals surface area (Å²) in [6.07, 6.45) is 0. The van der Waals surface area contributed by atoms with Gasteiger partial charge in [0.05, 0.1) is 44.8 Å². The number of hydrogen-bond donors (Lipinski definition) is 0. The van der Waals surface area contributed by atoms with Gasteiger partial charge in [-0.15, -0.1) is 0 Å². The number of anilines is 1. The molecule has 33 heavy (non-hydrogen) atoms. The lowest BCUT2D eigenvalue weighted by molar-refractivity contribution is 0.0391. The van der Waals surface area contributed by atoms with Gasteiger partial charge in [-0.05, 0) is 30.3 Å². The fraction of sp³-hybridized carbons (Fsp3) is 0.391. The molecule has 0 aliphatic carbocycles. The van der Waals surface area contributed by atoms with Crippen molar-refractivity contribution in [3.05, 3.63) is 40.9 Å². The largest absolute Gasteiger partial charge is 0.493 e. The Morgan fingerprint density at radius 1 is 1.12 bits per heavy atom. The van der Waals surface area contributed by atoms with E-state index in [-0.39, 0.29) is 5.91 Å². The van der Waals surface area contributed by atoms with Gasteiger partial charge < -0.3 is 18.9 Å². The molecule has 2 aromatic carbocycles. The number of halogens is 1. The summed E-state index contributed by atoms with van der Waals surface area (Å²) in [7, 11) is 4.58. The van der Waals surface area contributed by atoms with Gasteiger partial charge in [-0.2, -0.15) is 0 Å². The number of nitrogens with zero attached hydrogens (tertiary/aromatic N) is 3. The van der Waals surface area contributed by atoms with E-state index >= 15 is 0 Å². The highest BCUT2D eigenvalue weighted by molar-refractivity contribution is 7.22. The Morgan fingerprint density at radius 2 is 1.82 bits per heavy atom. The first kappa shape index (κ1) is 23.6. The first-order valence-corrected chi connectivity index (χ1v) is 11.7. The van der Waals surface area contributed by atoms with Crippen LogP contribution in [-0.4, -0.2) is 76.5 Å². The molecule has 3 aromatic rings. The summed E-state index contributed by atoms with van der Waals surface area (Å²) in [5.74, 6) is 1.08. The number of carbonyl (C=O) groups excluding carboxylic acids is 1. The fourth-order valence-corrected chi connectivity index (χ4v) is 4.98. The van der Waals surface area contributed by atoms with Crippen LogP contribution in [0.5, 0.6) is 17.2 Å². The predicted molar refractivity (Wildman–Crippen MR) is 130 cm³/mol. The molecule has 0 atom stereocenters. The second-order valence-corrected chi connectivity index (χ2v) is 8.88. The Hall–Kier alpha value is -2.59. The number of rotatable bonds is 8. The molecular weight excluding hydrogens is 466 g/mol. The molecule has 0 radical (unpaired) electrons. The molecule has 1 amide bonds. The van der Waals surface area contributed by atoms with Gasteiger partial charge in [-0.1, -0.05) is 22.9 Å². The van der Waals surface area contributed by atoms with Gasteiger partial charge in [0.15, 0.2) is 16.6 Å². The maximum atomic E-state index is 13.8. The number of fused-ring (bicyclic) bond motifs is 1. The second-order valence-electron chi connectivity index (χ2n) is 7.43. The molecule has 1 saturated heterocycles. The van der Waals surface area contributed by atoms with Crippen molar-refractivity contribution in [2.24, 2.45) is 0 Å². The van der Waals surface area contributed by atoms with Crippen molar-refractivity contribution in [3.63, 3.8) is 0 Å². The maximum Gasteiger partial charge on any atom is 0.260 e. The van der Waals surface area contributed by atoms with Crippen molar-refractivity contribution >= 4 is 44.2 Å². The van der Waals surface area contributed by atoms with Gasteiger partial charge in [0.1, 0.15) is 0 Å². The second kappa shape index (κ2) is 10.6. The third kappa shape index (κ3) is 5.16. The van der Waals surface area contributed by atoms with Crippen molar-refractivity contribution in [2.75, 3.05) is 65.6 Å². The topological polar surface area (TPSA) is 73.4 Å². The number of aromatic nitrogens is 1. The molecule has 4 rings (SSSR count). The van der Waals surface area contributed by atoms with Gasteiger partial charge in [0.25, 0.3) is 5.91 Å². The number of morpholine rings is 1. The molecular formula is C23H26ClN3O5S. The zero-order valence-corrected chi connectivity index (χ0v) is 20.4. The lowest BCUT2D eigenvalue weighted by Gasteiger charge is -2.29. The van der Waals surface area contributed by atoms with Crippen molar-refractivity contribution in [2.45, 2.75) is 0 Å². The van der Waals surface area contributed by atoms with E-state index in [0.29, 0.717) is 59.3 Å². The highest BCUT2D eigenvalue weighted by Gasteiger charge is 2.25. The molecule has 2 heterocycles. The van der Waals surface area contributed by atoms with Crippen molar-refractivity contribution in [1.29, 1.82) is 0 Å². The summed E-state index contributed by atoms with van der Waals surface area (Å²) in [6, 6.07) is 8.85. The predicted octanol–water partition coefficient (Wildman–Crippen LogP) is 3.95. The molecule has 1 aliphatic heterocycles. The van der Waals surface area contributed by atoms with Crippen LogP contribution < -0.4 is 19.1 Å². The molecule has 0 saturated carbocycles. The third-order valence-electron chi connectivity index (χ3n) is 5.47. The van der Waals surface area contributed by atoms with Gasteiger partial charge in [0, 0.05) is 36.8 Å². The first-order chi connectivity index (χ1) is 16.0. The highest BCUT2D eigenvalue weighted by Crippen LogP contribution is 2.39. The van der Waals surface area contributed by atoms with Crippen LogP contribution in [0.1, 0.15) is 10.4 Å². The van der Waals surface area contributed by atoms with E-state index in [9.17, 15) is 4.79 Å². The van der Waals surface area contributed by atoms with Crippen LogP contribution in [0.4, 0.5) is 5.13 Å². The molecule has 0 N–H and O–H groups in total. The number of ether oxygens (including phenoxy) is 4. The Kier molecular flexibility index (Phi) is 7.54. The maximum absolute atomic E-state index is 13.8. The molecule has 1 fully saturated rings. The monoisotopic (exact) mass is 491 g/mol. The number of methoxy groups -OCH3 is 3. The normalized spacial score (nSPS) is 14.3. The summed E-state index contributed by atoms with van der Waals surface area (Å²) in [5, 5.41) is 1.24. The minimum atomic E-state index is -0.201. The van der Waals surface area contributed by atoms with Crippen LogP contribution in [0.3, 0.4) is 0 Å². The molecule has 1 aliphatic rings. The van der Waals surface area contributed by atoms with Crippen LogP contribution in [0.2, 0.25) is 5.02 Å². The van der Waals surface area contributed by atoms with Crippen LogP contribution in [-0.2, 0) is 4.74 Å². The summed E-state index contributed by atoms with van der Waals surface area (Å²) in [5.41, 5.74) is 1.22. The van der Waals surface area contributed by atoms with Crippen LogP contribution in [0.25, 0.3) is 10.2 Å². The van der Waals surface area contributed by atoms with Gasteiger partial charge in [-0.3, -0.25) is 14.6 Å². The van der Waals surface area contributed by atoms with E-state index < -0.39 is 0 Å². The summed E-state index contributed by atoms with van der Waals surface area (Å²) in [4.78, 5) is 22.5. The molecule has 176 valence electrons. The minimum Gasteiger partial charge on any atom is -0.493 e. The molecule has 0 unspecified atom stereocenters. The average Bonchev–Trinajstić information content (AvgIpc) is 3.26. The lowest BCUT2D eigenvalue weighted by Crippen LogP contribution is -2.43. The van der Waals surface area contributed by atoms with Crippen molar-refractivity contribution < 1.29 is 23.7 Å². The van der Waals surface area contributed by atoms with E-state index in [1.165, 1.54) is 32.7 Å². The molecule has 8 nitrogen and oxygen atoms in total. The van der Waals surface area contributed by atoms with Crippen LogP contribution in [0, 0.1) is 0 Å². The molecule has 0 spiro atoms. The number of thiazole rings is 1. The summed E-state index contributed by atoms with van der Waals surface area (Å²) >= 11 is 7.60. The Balaban J connectivity index is 1.70. The minimum absolute atomic E-state index is 0.201. The van der Waals surface area contributed by atoms with Gasteiger partial charge in [0.2, 0.25) is 5.75 Å². The fourth-order valence-electron chi connectivity index (χ4n) is 3.71. The number of hydrogen-bond acceptors (Lipinski definition) is 8. The zero-order chi connectivity index (χ0) is 23.4. The average molecular weight is 492 g/mol. The van der Waals surface area contributed by atoms with E-state index in [0.717, 1.165) is 23.3 Å². The quantitative estimate of drug-likeness (QED) is 0.472. The van der Waals surface area contributed by atoms with E-state index in [4.69, 9.17) is 35.5 Å². The molecule has 1 aromatic heterocycles. The standard InChI is InChI=1S/C23H26ClN3O5S/c1-29-18-12-15(13-19(30-2)21(18)31-3)22(28)27(7-6-26-8-10-32-11-9-26)23-25-17-5-4-16(24)14-20(17)33-23/h4-5,12-14H,6-11H2,1-3H3. The summed E-state index contributed by atoms with van der Waals surface area (Å²) < 4.78 is 22.7. The van der Waals surface area contributed by atoms with E-state index in [1.807, 2.05) is 12.1 Å². The lowest BCUT2D eigenvalue weighted by atomic mass is 10.1. The SMILES string of the molecule is COc1cc(C(=O)N(CCN2CCOCC2)c2nc3ccc(Cl)cc3s2)cc(OC)c1OC. The van der Waals surface area contributed by atoms with Crippen molar-refractivity contribution in [3.8, 4) is 17.2 Å². The Labute approximate surface area is 201 Å². The van der Waals surface area contributed by atoms with Gasteiger partial charge in [-0.25, -0.2) is 4.98 Å². The number of carbonyl (C=O) groups is 1. The Morgan fingerprint density at radius 3 is 2.45 bits per heavy atom. The number of benzene rings is 2. The Bertz CT molecular complexity index is 1110. The summed E-state index contributed by atoms with van der Waals surface area (Å²) in [6.45, 7) is 4.24. The highest BCUT2D eigenvalue weighted by atomic mass is 35.5. The smallest absolute Gasteiger partial charge is 0.260 e. The van der Waals surface area contributed by atoms with E-state index in [1.54, 1.807) is 23.1 Å². The van der Waals surface area contributed by atoms with Crippen molar-refractivity contribution in [1.82, 2.24) is 9.88 Å². The number of amides is 1. The van der Waals surface area contributed by atoms with Gasteiger partial charge >= 0.3 is 0 Å². The zero-order valence-electron chi connectivity index (χ0n) is 18.8. The molecule has 10 heteroatoms. The first-order valence-electron chi connectivity index (χ1n) is 10.5. The van der Waals surface area contributed by atoms with Crippen LogP contribution >= 0.6 is 22.9 Å².